The van der Waals surface area contributed by atoms with Gasteiger partial charge in [-0.25, -0.2) is 13.1 Å². The molecule has 1 amide bonds. The lowest BCUT2D eigenvalue weighted by molar-refractivity contribution is -0.120. The van der Waals surface area contributed by atoms with Gasteiger partial charge in [0.05, 0.1) is 4.90 Å². The third-order valence-electron chi connectivity index (χ3n) is 3.83. The quantitative estimate of drug-likeness (QED) is 0.929. The number of hydrogen-bond acceptors (Lipinski definition) is 3. The number of carbonyl (C=O) groups excluding carboxylic acids is 1. The Bertz CT molecular complexity index is 602. The molecule has 0 saturated heterocycles. The van der Waals surface area contributed by atoms with Crippen molar-refractivity contribution in [3.8, 4) is 0 Å². The molecule has 20 heavy (non-hydrogen) atoms. The minimum absolute atomic E-state index is 0.192. The number of rotatable bonds is 4. The summed E-state index contributed by atoms with van der Waals surface area (Å²) < 4.78 is 26.7. The monoisotopic (exact) mass is 295 g/mol. The van der Waals surface area contributed by atoms with Crippen LogP contribution in [0.15, 0.2) is 23.1 Å². The Hall–Kier alpha value is -1.36. The second-order valence-corrected chi connectivity index (χ2v) is 7.30. The molecule has 1 aromatic carbocycles. The average molecular weight is 295 g/mol. The van der Waals surface area contributed by atoms with E-state index >= 15 is 0 Å². The zero-order valence-corrected chi connectivity index (χ0v) is 12.8. The van der Waals surface area contributed by atoms with Crippen molar-refractivity contribution in [1.29, 1.82) is 0 Å². The van der Waals surface area contributed by atoms with E-state index in [1.165, 1.54) is 0 Å². The standard InChI is InChI=1S/C15H21NO3S/c1-11-7-8-12(2)14(9-11)20(18,19)16-15(17)10-13-5-3-4-6-13/h7-9,13H,3-6,10H2,1-2H3,(H,16,17). The second kappa shape index (κ2) is 5.95. The number of nitrogens with one attached hydrogen (secondary N) is 1. The zero-order chi connectivity index (χ0) is 14.8. The van der Waals surface area contributed by atoms with E-state index in [2.05, 4.69) is 4.72 Å². The van der Waals surface area contributed by atoms with Crippen molar-refractivity contribution in [1.82, 2.24) is 4.72 Å². The van der Waals surface area contributed by atoms with Gasteiger partial charge >= 0.3 is 0 Å². The van der Waals surface area contributed by atoms with E-state index in [0.717, 1.165) is 31.2 Å². The maximum Gasteiger partial charge on any atom is 0.264 e. The largest absolute Gasteiger partial charge is 0.274 e. The number of carbonyl (C=O) groups is 1. The van der Waals surface area contributed by atoms with Crippen molar-refractivity contribution in [2.75, 3.05) is 0 Å². The molecule has 1 aliphatic carbocycles. The summed E-state index contributed by atoms with van der Waals surface area (Å²) in [5, 5.41) is 0. The van der Waals surface area contributed by atoms with Gasteiger partial charge in [0.15, 0.2) is 0 Å². The molecule has 5 heteroatoms. The Balaban J connectivity index is 2.10. The summed E-state index contributed by atoms with van der Waals surface area (Å²) in [5.74, 6) is -0.0541. The van der Waals surface area contributed by atoms with E-state index in [4.69, 9.17) is 0 Å². The van der Waals surface area contributed by atoms with Crippen molar-refractivity contribution in [3.05, 3.63) is 29.3 Å². The van der Waals surface area contributed by atoms with E-state index in [-0.39, 0.29) is 4.90 Å². The van der Waals surface area contributed by atoms with E-state index in [0.29, 0.717) is 17.9 Å². The van der Waals surface area contributed by atoms with Crippen LogP contribution in [-0.2, 0) is 14.8 Å². The number of aryl methyl sites for hydroxylation is 2. The van der Waals surface area contributed by atoms with E-state index in [1.807, 2.05) is 13.0 Å². The van der Waals surface area contributed by atoms with Crippen LogP contribution in [-0.4, -0.2) is 14.3 Å². The molecule has 1 aromatic rings. The molecular formula is C15H21NO3S. The van der Waals surface area contributed by atoms with Crippen LogP contribution in [0.3, 0.4) is 0 Å². The van der Waals surface area contributed by atoms with Gasteiger partial charge in [-0.3, -0.25) is 4.79 Å². The Morgan fingerprint density at radius 3 is 2.55 bits per heavy atom. The maximum absolute atomic E-state index is 12.3. The molecular weight excluding hydrogens is 274 g/mol. The van der Waals surface area contributed by atoms with Crippen LogP contribution in [0.1, 0.15) is 43.2 Å². The van der Waals surface area contributed by atoms with Gasteiger partial charge in [0.1, 0.15) is 0 Å². The Kier molecular flexibility index (Phi) is 4.48. The average Bonchev–Trinajstić information content (AvgIpc) is 2.84. The summed E-state index contributed by atoms with van der Waals surface area (Å²) in [7, 11) is -3.75. The Morgan fingerprint density at radius 2 is 1.90 bits per heavy atom. The smallest absolute Gasteiger partial charge is 0.264 e. The summed E-state index contributed by atoms with van der Waals surface area (Å²) in [6.07, 6.45) is 4.64. The highest BCUT2D eigenvalue weighted by atomic mass is 32.2. The molecule has 0 spiro atoms. The minimum Gasteiger partial charge on any atom is -0.274 e. The molecule has 4 nitrogen and oxygen atoms in total. The van der Waals surface area contributed by atoms with Crippen LogP contribution in [0.4, 0.5) is 0 Å². The topological polar surface area (TPSA) is 63.2 Å². The number of hydrogen-bond donors (Lipinski definition) is 1. The SMILES string of the molecule is Cc1ccc(C)c(S(=O)(=O)NC(=O)CC2CCCC2)c1. The van der Waals surface area contributed by atoms with Gasteiger partial charge in [0.2, 0.25) is 5.91 Å². The fraction of sp³-hybridized carbons (Fsp3) is 0.533. The van der Waals surface area contributed by atoms with E-state index in [1.54, 1.807) is 19.1 Å². The van der Waals surface area contributed by atoms with Gasteiger partial charge in [-0.2, -0.15) is 0 Å². The number of benzene rings is 1. The molecule has 2 rings (SSSR count). The molecule has 0 unspecified atom stereocenters. The lowest BCUT2D eigenvalue weighted by atomic mass is 10.0. The fourth-order valence-corrected chi connectivity index (χ4v) is 4.05. The molecule has 1 N–H and O–H groups in total. The first-order valence-electron chi connectivity index (χ1n) is 7.01. The molecule has 1 aliphatic rings. The second-order valence-electron chi connectivity index (χ2n) is 5.65. The summed E-state index contributed by atoms with van der Waals surface area (Å²) in [4.78, 5) is 12.1. The van der Waals surface area contributed by atoms with Gasteiger partial charge in [-0.1, -0.05) is 25.0 Å². The maximum atomic E-state index is 12.3. The summed E-state index contributed by atoms with van der Waals surface area (Å²) >= 11 is 0. The number of sulfonamides is 1. The van der Waals surface area contributed by atoms with Crippen molar-refractivity contribution >= 4 is 15.9 Å². The molecule has 0 bridgehead atoms. The van der Waals surface area contributed by atoms with E-state index < -0.39 is 15.9 Å². The minimum atomic E-state index is -3.75. The van der Waals surface area contributed by atoms with Crippen molar-refractivity contribution < 1.29 is 13.2 Å². The predicted octanol–water partition coefficient (Wildman–Crippen LogP) is 2.69. The first kappa shape index (κ1) is 15.0. The number of amides is 1. The van der Waals surface area contributed by atoms with Crippen molar-refractivity contribution in [2.45, 2.75) is 50.8 Å². The molecule has 0 aliphatic heterocycles. The highest BCUT2D eigenvalue weighted by Gasteiger charge is 2.23. The highest BCUT2D eigenvalue weighted by molar-refractivity contribution is 7.90. The van der Waals surface area contributed by atoms with Crippen molar-refractivity contribution in [3.63, 3.8) is 0 Å². The van der Waals surface area contributed by atoms with Crippen LogP contribution < -0.4 is 4.72 Å². The normalized spacial score (nSPS) is 16.3. The van der Waals surface area contributed by atoms with Crippen LogP contribution in [0.2, 0.25) is 0 Å². The van der Waals surface area contributed by atoms with Crippen LogP contribution in [0, 0.1) is 19.8 Å². The van der Waals surface area contributed by atoms with E-state index in [9.17, 15) is 13.2 Å². The molecule has 110 valence electrons. The molecule has 0 radical (unpaired) electrons. The lowest BCUT2D eigenvalue weighted by Gasteiger charge is -2.12. The first-order chi connectivity index (χ1) is 9.38. The molecule has 0 atom stereocenters. The van der Waals surface area contributed by atoms with Crippen LogP contribution >= 0.6 is 0 Å². The fourth-order valence-electron chi connectivity index (χ4n) is 2.72. The Labute approximate surface area is 120 Å². The predicted molar refractivity (Wildman–Crippen MR) is 77.8 cm³/mol. The highest BCUT2D eigenvalue weighted by Crippen LogP contribution is 2.27. The van der Waals surface area contributed by atoms with Gasteiger partial charge in [0.25, 0.3) is 10.0 Å². The third kappa shape index (κ3) is 3.60. The van der Waals surface area contributed by atoms with Crippen molar-refractivity contribution in [2.24, 2.45) is 5.92 Å². The van der Waals surface area contributed by atoms with Gasteiger partial charge in [-0.05, 0) is 49.8 Å². The summed E-state index contributed by atoms with van der Waals surface area (Å²) in [5.41, 5.74) is 1.51. The molecule has 1 fully saturated rings. The third-order valence-corrected chi connectivity index (χ3v) is 5.35. The Morgan fingerprint density at radius 1 is 1.25 bits per heavy atom. The van der Waals surface area contributed by atoms with Crippen LogP contribution in [0.25, 0.3) is 0 Å². The lowest BCUT2D eigenvalue weighted by Crippen LogP contribution is -2.32. The van der Waals surface area contributed by atoms with Gasteiger partial charge < -0.3 is 0 Å². The summed E-state index contributed by atoms with van der Waals surface area (Å²) in [6, 6.07) is 5.21. The van der Waals surface area contributed by atoms with Gasteiger partial charge in [-0.15, -0.1) is 0 Å². The molecule has 0 heterocycles. The first-order valence-corrected chi connectivity index (χ1v) is 8.50. The van der Waals surface area contributed by atoms with Gasteiger partial charge in [0, 0.05) is 6.42 Å². The summed E-state index contributed by atoms with van der Waals surface area (Å²) in [6.45, 7) is 3.56. The zero-order valence-electron chi connectivity index (χ0n) is 12.0. The van der Waals surface area contributed by atoms with Crippen LogP contribution in [0.5, 0.6) is 0 Å². The molecule has 1 saturated carbocycles. The molecule has 0 aromatic heterocycles.